The Morgan fingerprint density at radius 1 is 1.50 bits per heavy atom. The maximum absolute atomic E-state index is 11.1. The van der Waals surface area contributed by atoms with E-state index in [0.717, 1.165) is 18.5 Å². The number of nitrogens with zero attached hydrogens (tertiary/aromatic N) is 1. The summed E-state index contributed by atoms with van der Waals surface area (Å²) in [5.74, 6) is 0.347. The van der Waals surface area contributed by atoms with Gasteiger partial charge in [0.2, 0.25) is 0 Å². The first-order chi connectivity index (χ1) is 9.58. The van der Waals surface area contributed by atoms with Crippen LogP contribution in [-0.2, 0) is 4.74 Å². The molecule has 1 N–H and O–H groups in total. The average Bonchev–Trinajstić information content (AvgIpc) is 2.39. The number of nitro benzene ring substituents is 1. The minimum atomic E-state index is -0.412. The molecule has 0 spiro atoms. The van der Waals surface area contributed by atoms with Crippen molar-refractivity contribution in [1.29, 1.82) is 0 Å². The lowest BCUT2D eigenvalue weighted by atomic mass is 9.85. The molecular formula is C14H20N2O4. The summed E-state index contributed by atoms with van der Waals surface area (Å²) in [7, 11) is 1.64. The molecule has 6 nitrogen and oxygen atoms in total. The molecule has 1 saturated carbocycles. The third kappa shape index (κ3) is 2.76. The summed E-state index contributed by atoms with van der Waals surface area (Å²) < 4.78 is 11.3. The Morgan fingerprint density at radius 2 is 2.25 bits per heavy atom. The number of benzene rings is 1. The molecule has 0 aromatic heterocycles. The molecule has 0 amide bonds. The van der Waals surface area contributed by atoms with Gasteiger partial charge in [0.15, 0.2) is 5.75 Å². The zero-order chi connectivity index (χ0) is 14.7. The van der Waals surface area contributed by atoms with Crippen molar-refractivity contribution >= 4 is 5.69 Å². The second-order valence-electron chi connectivity index (χ2n) is 4.94. The van der Waals surface area contributed by atoms with Crippen LogP contribution in [0, 0.1) is 17.0 Å². The van der Waals surface area contributed by atoms with Crippen molar-refractivity contribution in [1.82, 2.24) is 5.32 Å². The van der Waals surface area contributed by atoms with Gasteiger partial charge in [-0.2, -0.15) is 0 Å². The Balaban J connectivity index is 2.13. The number of hydrogen-bond donors (Lipinski definition) is 1. The summed E-state index contributed by atoms with van der Waals surface area (Å²) >= 11 is 0. The Morgan fingerprint density at radius 3 is 2.85 bits per heavy atom. The number of nitro groups is 1. The Labute approximate surface area is 118 Å². The fourth-order valence-electron chi connectivity index (χ4n) is 2.56. The van der Waals surface area contributed by atoms with Crippen molar-refractivity contribution in [2.24, 2.45) is 0 Å². The minimum absolute atomic E-state index is 0.00625. The van der Waals surface area contributed by atoms with Crippen LogP contribution < -0.4 is 10.1 Å². The topological polar surface area (TPSA) is 73.6 Å². The molecule has 1 aromatic carbocycles. The van der Waals surface area contributed by atoms with Gasteiger partial charge in [-0.1, -0.05) is 19.1 Å². The highest BCUT2D eigenvalue weighted by Gasteiger charge is 2.43. The third-order valence-electron chi connectivity index (χ3n) is 3.64. The van der Waals surface area contributed by atoms with E-state index in [4.69, 9.17) is 9.47 Å². The summed E-state index contributed by atoms with van der Waals surface area (Å²) in [4.78, 5) is 10.6. The van der Waals surface area contributed by atoms with E-state index in [1.54, 1.807) is 13.2 Å². The van der Waals surface area contributed by atoms with E-state index in [-0.39, 0.29) is 23.9 Å². The minimum Gasteiger partial charge on any atom is -0.480 e. The molecule has 6 heteroatoms. The van der Waals surface area contributed by atoms with E-state index in [1.165, 1.54) is 6.07 Å². The predicted molar refractivity (Wildman–Crippen MR) is 75.1 cm³/mol. The Bertz CT molecular complexity index is 492. The zero-order valence-electron chi connectivity index (χ0n) is 12.0. The van der Waals surface area contributed by atoms with Crippen LogP contribution in [0.3, 0.4) is 0 Å². The van der Waals surface area contributed by atoms with Crippen LogP contribution in [0.2, 0.25) is 0 Å². The molecule has 1 aliphatic carbocycles. The lowest BCUT2D eigenvalue weighted by molar-refractivity contribution is -0.386. The average molecular weight is 280 g/mol. The van der Waals surface area contributed by atoms with Gasteiger partial charge in [-0.25, -0.2) is 0 Å². The number of hydrogen-bond acceptors (Lipinski definition) is 5. The first-order valence-electron chi connectivity index (χ1n) is 6.75. The van der Waals surface area contributed by atoms with Crippen molar-refractivity contribution in [3.05, 3.63) is 33.9 Å². The zero-order valence-corrected chi connectivity index (χ0v) is 12.0. The highest BCUT2D eigenvalue weighted by molar-refractivity contribution is 5.51. The molecule has 1 aromatic rings. The maximum atomic E-state index is 11.1. The molecule has 1 fully saturated rings. The molecule has 0 aliphatic heterocycles. The van der Waals surface area contributed by atoms with Crippen LogP contribution in [0.25, 0.3) is 0 Å². The van der Waals surface area contributed by atoms with Gasteiger partial charge in [-0.3, -0.25) is 10.1 Å². The van der Waals surface area contributed by atoms with Gasteiger partial charge >= 0.3 is 5.69 Å². The van der Waals surface area contributed by atoms with Crippen molar-refractivity contribution < 1.29 is 14.4 Å². The fourth-order valence-corrected chi connectivity index (χ4v) is 2.56. The van der Waals surface area contributed by atoms with Crippen LogP contribution in [-0.4, -0.2) is 36.8 Å². The SMILES string of the molecule is CCNC1CC(Oc2c(C)cccc2[N+](=O)[O-])C1OC. The van der Waals surface area contributed by atoms with E-state index in [0.29, 0.717) is 5.75 Å². The van der Waals surface area contributed by atoms with Gasteiger partial charge in [0, 0.05) is 25.6 Å². The quantitative estimate of drug-likeness (QED) is 0.637. The summed E-state index contributed by atoms with van der Waals surface area (Å²) in [6, 6.07) is 5.18. The molecule has 0 radical (unpaired) electrons. The summed E-state index contributed by atoms with van der Waals surface area (Å²) in [5.41, 5.74) is 0.771. The highest BCUT2D eigenvalue weighted by atomic mass is 16.6. The van der Waals surface area contributed by atoms with Crippen molar-refractivity contribution in [2.75, 3.05) is 13.7 Å². The molecular weight excluding hydrogens is 260 g/mol. The molecule has 0 bridgehead atoms. The van der Waals surface area contributed by atoms with Crippen LogP contribution >= 0.6 is 0 Å². The lowest BCUT2D eigenvalue weighted by Crippen LogP contribution is -2.61. The Kier molecular flexibility index (Phi) is 4.57. The third-order valence-corrected chi connectivity index (χ3v) is 3.64. The van der Waals surface area contributed by atoms with E-state index in [9.17, 15) is 10.1 Å². The largest absolute Gasteiger partial charge is 0.480 e. The van der Waals surface area contributed by atoms with Crippen LogP contribution in [0.4, 0.5) is 5.69 Å². The molecule has 0 saturated heterocycles. The van der Waals surface area contributed by atoms with Crippen molar-refractivity contribution in [2.45, 2.75) is 38.5 Å². The maximum Gasteiger partial charge on any atom is 0.311 e. The summed E-state index contributed by atoms with van der Waals surface area (Å²) in [6.45, 7) is 4.71. The Hall–Kier alpha value is -1.66. The monoisotopic (exact) mass is 280 g/mol. The molecule has 20 heavy (non-hydrogen) atoms. The smallest absolute Gasteiger partial charge is 0.311 e. The fraction of sp³-hybridized carbons (Fsp3) is 0.571. The van der Waals surface area contributed by atoms with Gasteiger partial charge < -0.3 is 14.8 Å². The van der Waals surface area contributed by atoms with Crippen LogP contribution in [0.1, 0.15) is 18.9 Å². The molecule has 2 rings (SSSR count). The predicted octanol–water partition coefficient (Wildman–Crippen LogP) is 2.05. The van der Waals surface area contributed by atoms with E-state index in [1.807, 2.05) is 19.9 Å². The van der Waals surface area contributed by atoms with E-state index < -0.39 is 4.92 Å². The van der Waals surface area contributed by atoms with Crippen molar-refractivity contribution in [3.63, 3.8) is 0 Å². The second kappa shape index (κ2) is 6.19. The van der Waals surface area contributed by atoms with Crippen LogP contribution in [0.5, 0.6) is 5.75 Å². The molecule has 1 aliphatic rings. The number of likely N-dealkylation sites (N-methyl/N-ethyl adjacent to an activating group) is 1. The number of aryl methyl sites for hydroxylation is 1. The molecule has 110 valence electrons. The first-order valence-corrected chi connectivity index (χ1v) is 6.75. The van der Waals surface area contributed by atoms with Gasteiger partial charge in [0.25, 0.3) is 0 Å². The molecule has 0 heterocycles. The molecule has 3 atom stereocenters. The highest BCUT2D eigenvalue weighted by Crippen LogP contribution is 2.35. The number of ether oxygens (including phenoxy) is 2. The standard InChI is InChI=1S/C14H20N2O4/c1-4-15-10-8-12(14(10)19-3)20-13-9(2)6-5-7-11(13)16(17)18/h5-7,10,12,14-15H,4,8H2,1-3H3. The normalized spacial score (nSPS) is 25.1. The van der Waals surface area contributed by atoms with Crippen molar-refractivity contribution in [3.8, 4) is 5.75 Å². The number of methoxy groups -OCH3 is 1. The second-order valence-corrected chi connectivity index (χ2v) is 4.94. The number of nitrogens with one attached hydrogen (secondary N) is 1. The van der Waals surface area contributed by atoms with E-state index >= 15 is 0 Å². The number of para-hydroxylation sites is 1. The summed E-state index contributed by atoms with van der Waals surface area (Å²) in [6.07, 6.45) is 0.565. The van der Waals surface area contributed by atoms with Crippen LogP contribution in [0.15, 0.2) is 18.2 Å². The lowest BCUT2D eigenvalue weighted by Gasteiger charge is -2.43. The summed E-state index contributed by atoms with van der Waals surface area (Å²) in [5, 5.41) is 14.4. The molecule has 3 unspecified atom stereocenters. The van der Waals surface area contributed by atoms with Gasteiger partial charge in [0.05, 0.1) is 4.92 Å². The van der Waals surface area contributed by atoms with E-state index in [2.05, 4.69) is 5.32 Å². The first kappa shape index (κ1) is 14.7. The van der Waals surface area contributed by atoms with Gasteiger partial charge in [-0.05, 0) is 19.0 Å². The number of rotatable bonds is 6. The van der Waals surface area contributed by atoms with Gasteiger partial charge in [0.1, 0.15) is 12.2 Å². The van der Waals surface area contributed by atoms with Gasteiger partial charge in [-0.15, -0.1) is 0 Å².